The molecule has 0 bridgehead atoms. The van der Waals surface area contributed by atoms with E-state index in [-0.39, 0.29) is 11.9 Å². The van der Waals surface area contributed by atoms with E-state index in [2.05, 4.69) is 15.2 Å². The highest BCUT2D eigenvalue weighted by atomic mass is 32.1. The zero-order chi connectivity index (χ0) is 12.4. The standard InChI is InChI=1S/C12H19N3OS/c1-8-10(3)17-12(13-8)14-11(16)9(2)15-6-4-5-7-15/h9H,4-7H2,1-3H3,(H,13,14,16)/t9-/m1/s1. The van der Waals surface area contributed by atoms with Crippen molar-refractivity contribution in [1.29, 1.82) is 0 Å². The van der Waals surface area contributed by atoms with Crippen LogP contribution in [-0.4, -0.2) is 34.9 Å². The van der Waals surface area contributed by atoms with Gasteiger partial charge in [0, 0.05) is 4.88 Å². The van der Waals surface area contributed by atoms with Gasteiger partial charge in [0.2, 0.25) is 5.91 Å². The fourth-order valence-corrected chi connectivity index (χ4v) is 2.85. The number of hydrogen-bond acceptors (Lipinski definition) is 4. The first-order valence-corrected chi connectivity index (χ1v) is 6.88. The van der Waals surface area contributed by atoms with Gasteiger partial charge in [0.15, 0.2) is 5.13 Å². The Morgan fingerprint density at radius 3 is 2.59 bits per heavy atom. The third-order valence-corrected chi connectivity index (χ3v) is 4.31. The number of rotatable bonds is 3. The van der Waals surface area contributed by atoms with E-state index in [1.165, 1.54) is 12.8 Å². The van der Waals surface area contributed by atoms with Gasteiger partial charge in [0.05, 0.1) is 11.7 Å². The molecule has 1 N–H and O–H groups in total. The molecule has 1 atom stereocenters. The monoisotopic (exact) mass is 253 g/mol. The van der Waals surface area contributed by atoms with Gasteiger partial charge >= 0.3 is 0 Å². The predicted octanol–water partition coefficient (Wildman–Crippen LogP) is 2.18. The second-order valence-electron chi connectivity index (χ2n) is 4.57. The van der Waals surface area contributed by atoms with Crippen molar-refractivity contribution in [1.82, 2.24) is 9.88 Å². The minimum Gasteiger partial charge on any atom is -0.301 e. The summed E-state index contributed by atoms with van der Waals surface area (Å²) in [4.78, 5) is 19.7. The Labute approximate surface area is 106 Å². The van der Waals surface area contributed by atoms with Gasteiger partial charge in [0.1, 0.15) is 0 Å². The van der Waals surface area contributed by atoms with Crippen molar-refractivity contribution in [2.75, 3.05) is 18.4 Å². The Morgan fingerprint density at radius 1 is 1.41 bits per heavy atom. The van der Waals surface area contributed by atoms with Crippen LogP contribution < -0.4 is 5.32 Å². The lowest BCUT2D eigenvalue weighted by atomic mass is 10.3. The second kappa shape index (κ2) is 5.14. The summed E-state index contributed by atoms with van der Waals surface area (Å²) in [5.74, 6) is 0.0562. The Balaban J connectivity index is 1.96. The summed E-state index contributed by atoms with van der Waals surface area (Å²) in [6.07, 6.45) is 2.40. The Bertz CT molecular complexity index is 390. The Morgan fingerprint density at radius 2 is 2.06 bits per heavy atom. The lowest BCUT2D eigenvalue weighted by Crippen LogP contribution is -2.40. The topological polar surface area (TPSA) is 45.2 Å². The molecule has 0 aliphatic carbocycles. The molecule has 2 heterocycles. The van der Waals surface area contributed by atoms with E-state index in [1.807, 2.05) is 20.8 Å². The Hall–Kier alpha value is -0.940. The maximum Gasteiger partial charge on any atom is 0.243 e. The summed E-state index contributed by atoms with van der Waals surface area (Å²) in [6, 6.07) is -0.0537. The van der Waals surface area contributed by atoms with Crippen LogP contribution in [-0.2, 0) is 4.79 Å². The number of nitrogens with zero attached hydrogens (tertiary/aromatic N) is 2. The van der Waals surface area contributed by atoms with E-state index in [1.54, 1.807) is 11.3 Å². The maximum absolute atomic E-state index is 12.0. The summed E-state index contributed by atoms with van der Waals surface area (Å²) >= 11 is 1.54. The van der Waals surface area contributed by atoms with E-state index >= 15 is 0 Å². The van der Waals surface area contributed by atoms with E-state index in [9.17, 15) is 4.79 Å². The number of aromatic nitrogens is 1. The third-order valence-electron chi connectivity index (χ3n) is 3.33. The normalized spacial score (nSPS) is 18.3. The van der Waals surface area contributed by atoms with Crippen LogP contribution in [0.1, 0.15) is 30.3 Å². The van der Waals surface area contributed by atoms with Crippen molar-refractivity contribution in [2.24, 2.45) is 0 Å². The van der Waals surface area contributed by atoms with Crippen molar-refractivity contribution in [3.63, 3.8) is 0 Å². The smallest absolute Gasteiger partial charge is 0.243 e. The van der Waals surface area contributed by atoms with Crippen molar-refractivity contribution in [2.45, 2.75) is 39.7 Å². The number of likely N-dealkylation sites (tertiary alicyclic amines) is 1. The molecule has 1 aromatic heterocycles. The highest BCUT2D eigenvalue weighted by molar-refractivity contribution is 7.15. The molecule has 1 aliphatic rings. The number of aryl methyl sites for hydroxylation is 2. The highest BCUT2D eigenvalue weighted by Gasteiger charge is 2.24. The largest absolute Gasteiger partial charge is 0.301 e. The predicted molar refractivity (Wildman–Crippen MR) is 70.5 cm³/mol. The molecule has 0 radical (unpaired) electrons. The van der Waals surface area contributed by atoms with Crippen LogP contribution in [0.3, 0.4) is 0 Å². The molecule has 0 aromatic carbocycles. The van der Waals surface area contributed by atoms with Gasteiger partial charge < -0.3 is 5.32 Å². The van der Waals surface area contributed by atoms with Gasteiger partial charge in [-0.05, 0) is 46.7 Å². The fraction of sp³-hybridized carbons (Fsp3) is 0.667. The second-order valence-corrected chi connectivity index (χ2v) is 5.77. The summed E-state index contributed by atoms with van der Waals surface area (Å²) in [5, 5.41) is 3.63. The lowest BCUT2D eigenvalue weighted by molar-refractivity contribution is -0.120. The molecule has 1 aliphatic heterocycles. The lowest BCUT2D eigenvalue weighted by Gasteiger charge is -2.21. The van der Waals surface area contributed by atoms with Crippen LogP contribution in [0.25, 0.3) is 0 Å². The summed E-state index contributed by atoms with van der Waals surface area (Å²) < 4.78 is 0. The number of carbonyl (C=O) groups excluding carboxylic acids is 1. The van der Waals surface area contributed by atoms with Crippen LogP contribution in [0, 0.1) is 13.8 Å². The van der Waals surface area contributed by atoms with Gasteiger partial charge in [-0.25, -0.2) is 4.98 Å². The summed E-state index contributed by atoms with van der Waals surface area (Å²) in [6.45, 7) is 8.01. The van der Waals surface area contributed by atoms with Gasteiger partial charge in [-0.2, -0.15) is 0 Å². The molecule has 5 heteroatoms. The van der Waals surface area contributed by atoms with E-state index in [0.717, 1.165) is 28.8 Å². The molecule has 1 fully saturated rings. The molecule has 1 saturated heterocycles. The molecule has 17 heavy (non-hydrogen) atoms. The first-order chi connectivity index (χ1) is 8.08. The van der Waals surface area contributed by atoms with Crippen molar-refractivity contribution in [3.05, 3.63) is 10.6 Å². The zero-order valence-electron chi connectivity index (χ0n) is 10.6. The first-order valence-electron chi connectivity index (χ1n) is 6.07. The minimum atomic E-state index is -0.0537. The van der Waals surface area contributed by atoms with Gasteiger partial charge in [-0.15, -0.1) is 11.3 Å². The van der Waals surface area contributed by atoms with E-state index < -0.39 is 0 Å². The van der Waals surface area contributed by atoms with Gasteiger partial charge in [0.25, 0.3) is 0 Å². The third kappa shape index (κ3) is 2.84. The van der Waals surface area contributed by atoms with E-state index in [0.29, 0.717) is 0 Å². The van der Waals surface area contributed by atoms with Crippen molar-refractivity contribution < 1.29 is 4.79 Å². The van der Waals surface area contributed by atoms with Crippen LogP contribution in [0.15, 0.2) is 0 Å². The maximum atomic E-state index is 12.0. The molecule has 0 unspecified atom stereocenters. The average molecular weight is 253 g/mol. The fourth-order valence-electron chi connectivity index (χ4n) is 2.03. The van der Waals surface area contributed by atoms with Crippen LogP contribution >= 0.6 is 11.3 Å². The van der Waals surface area contributed by atoms with Crippen LogP contribution in [0.2, 0.25) is 0 Å². The minimum absolute atomic E-state index is 0.0537. The quantitative estimate of drug-likeness (QED) is 0.898. The zero-order valence-corrected chi connectivity index (χ0v) is 11.4. The molecule has 0 saturated carbocycles. The number of carbonyl (C=O) groups is 1. The number of anilines is 1. The van der Waals surface area contributed by atoms with Crippen LogP contribution in [0.5, 0.6) is 0 Å². The molecule has 1 amide bonds. The highest BCUT2D eigenvalue weighted by Crippen LogP contribution is 2.22. The number of nitrogens with one attached hydrogen (secondary N) is 1. The molecule has 94 valence electrons. The summed E-state index contributed by atoms with van der Waals surface area (Å²) in [5.41, 5.74) is 0.999. The summed E-state index contributed by atoms with van der Waals surface area (Å²) in [7, 11) is 0. The van der Waals surface area contributed by atoms with Crippen molar-refractivity contribution in [3.8, 4) is 0 Å². The van der Waals surface area contributed by atoms with Gasteiger partial charge in [-0.1, -0.05) is 0 Å². The molecular formula is C12H19N3OS. The SMILES string of the molecule is Cc1nc(NC(=O)[C@@H](C)N2CCCC2)sc1C. The Kier molecular flexibility index (Phi) is 3.79. The first kappa shape index (κ1) is 12.5. The molecule has 0 spiro atoms. The molecule has 1 aromatic rings. The van der Waals surface area contributed by atoms with Crippen molar-refractivity contribution >= 4 is 22.4 Å². The number of hydrogen-bond donors (Lipinski definition) is 1. The average Bonchev–Trinajstić information content (AvgIpc) is 2.89. The van der Waals surface area contributed by atoms with Gasteiger partial charge in [-0.3, -0.25) is 9.69 Å². The van der Waals surface area contributed by atoms with E-state index in [4.69, 9.17) is 0 Å². The number of amides is 1. The molecular weight excluding hydrogens is 234 g/mol. The number of thiazole rings is 1. The molecule has 2 rings (SSSR count). The molecule has 4 nitrogen and oxygen atoms in total. The van der Waals surface area contributed by atoms with Crippen LogP contribution in [0.4, 0.5) is 5.13 Å².